The number of carboxylic acids is 1. The molecule has 0 aliphatic carbocycles. The molecule has 8 nitrogen and oxygen atoms in total. The van der Waals surface area contributed by atoms with Gasteiger partial charge in [-0.15, -0.1) is 0 Å². The van der Waals surface area contributed by atoms with Gasteiger partial charge in [0.2, 0.25) is 0 Å². The van der Waals surface area contributed by atoms with Crippen LogP contribution in [0.15, 0.2) is 36.7 Å². The fourth-order valence-electron chi connectivity index (χ4n) is 2.89. The van der Waals surface area contributed by atoms with Gasteiger partial charge < -0.3 is 9.84 Å². The highest BCUT2D eigenvalue weighted by Gasteiger charge is 2.14. The molecule has 0 radical (unpaired) electrons. The van der Waals surface area contributed by atoms with Crippen molar-refractivity contribution in [1.29, 1.82) is 0 Å². The van der Waals surface area contributed by atoms with Crippen LogP contribution in [0.5, 0.6) is 0 Å². The fourth-order valence-corrected chi connectivity index (χ4v) is 3.01. The number of rotatable bonds is 9. The van der Waals surface area contributed by atoms with Crippen molar-refractivity contribution in [3.8, 4) is 11.1 Å². The number of carbonyl (C=O) groups excluding carboxylic acids is 1. The Labute approximate surface area is 172 Å². The Balaban J connectivity index is 1.58. The summed E-state index contributed by atoms with van der Waals surface area (Å²) in [7, 11) is 0. The van der Waals surface area contributed by atoms with Crippen molar-refractivity contribution in [3.05, 3.63) is 58.6 Å². The first-order valence-electron chi connectivity index (χ1n) is 9.11. The minimum atomic E-state index is -1.03. The van der Waals surface area contributed by atoms with Gasteiger partial charge in [0, 0.05) is 34.6 Å². The van der Waals surface area contributed by atoms with Crippen molar-refractivity contribution in [2.75, 3.05) is 0 Å². The van der Waals surface area contributed by atoms with Gasteiger partial charge in [0.1, 0.15) is 12.3 Å². The Morgan fingerprint density at radius 1 is 1.21 bits per heavy atom. The quantitative estimate of drug-likeness (QED) is 0.517. The average Bonchev–Trinajstić information content (AvgIpc) is 3.30. The molecule has 2 heterocycles. The summed E-state index contributed by atoms with van der Waals surface area (Å²) in [5.41, 5.74) is 4.52. The minimum absolute atomic E-state index is 0.00720. The van der Waals surface area contributed by atoms with Gasteiger partial charge in [0.05, 0.1) is 19.0 Å². The number of nitrogens with one attached hydrogen (secondary N) is 1. The van der Waals surface area contributed by atoms with Crippen LogP contribution in [0.3, 0.4) is 0 Å². The van der Waals surface area contributed by atoms with Gasteiger partial charge in [0.25, 0.3) is 0 Å². The standard InChI is InChI=1S/C20H21ClN4O4/c1-13-17(18(24-23-13)12-29-20(28)7-6-19(26)27)8-9-25-11-15(10-22-25)14-2-4-16(21)5-3-14/h2-5,10-11H,6-9,12H2,1H3,(H,23,24)(H,26,27). The molecule has 0 unspecified atom stereocenters. The monoisotopic (exact) mass is 416 g/mol. The predicted molar refractivity (Wildman–Crippen MR) is 106 cm³/mol. The molecule has 0 atom stereocenters. The maximum absolute atomic E-state index is 11.6. The summed E-state index contributed by atoms with van der Waals surface area (Å²) in [6.07, 6.45) is 4.02. The second-order valence-electron chi connectivity index (χ2n) is 6.58. The lowest BCUT2D eigenvalue weighted by Crippen LogP contribution is -2.09. The van der Waals surface area contributed by atoms with E-state index in [9.17, 15) is 9.59 Å². The normalized spacial score (nSPS) is 10.8. The lowest BCUT2D eigenvalue weighted by Gasteiger charge is -2.06. The molecule has 0 spiro atoms. The highest BCUT2D eigenvalue weighted by molar-refractivity contribution is 6.30. The molecule has 2 aromatic heterocycles. The second-order valence-corrected chi connectivity index (χ2v) is 7.01. The number of hydrogen-bond donors (Lipinski definition) is 2. The summed E-state index contributed by atoms with van der Waals surface area (Å²) in [6.45, 7) is 2.54. The summed E-state index contributed by atoms with van der Waals surface area (Å²) < 4.78 is 6.98. The van der Waals surface area contributed by atoms with Crippen LogP contribution in [-0.4, -0.2) is 37.0 Å². The molecule has 0 fully saturated rings. The van der Waals surface area contributed by atoms with E-state index < -0.39 is 11.9 Å². The van der Waals surface area contributed by atoms with E-state index in [2.05, 4.69) is 15.3 Å². The van der Waals surface area contributed by atoms with E-state index in [1.165, 1.54) is 0 Å². The molecule has 3 aromatic rings. The molecule has 0 amide bonds. The summed E-state index contributed by atoms with van der Waals surface area (Å²) in [5, 5.41) is 20.8. The molecular weight excluding hydrogens is 396 g/mol. The first-order chi connectivity index (χ1) is 13.9. The summed E-state index contributed by atoms with van der Waals surface area (Å²) in [4.78, 5) is 22.2. The Bertz CT molecular complexity index is 994. The maximum atomic E-state index is 11.6. The zero-order chi connectivity index (χ0) is 20.8. The first kappa shape index (κ1) is 20.6. The molecule has 1 aromatic carbocycles. The van der Waals surface area contributed by atoms with E-state index >= 15 is 0 Å². The number of nitrogens with zero attached hydrogens (tertiary/aromatic N) is 3. The topological polar surface area (TPSA) is 110 Å². The number of benzene rings is 1. The molecular formula is C20H21ClN4O4. The van der Waals surface area contributed by atoms with Crippen molar-refractivity contribution in [2.24, 2.45) is 0 Å². The number of carbonyl (C=O) groups is 2. The van der Waals surface area contributed by atoms with E-state index in [0.717, 1.165) is 22.4 Å². The summed E-state index contributed by atoms with van der Waals surface area (Å²) in [6, 6.07) is 7.57. The van der Waals surface area contributed by atoms with Crippen molar-refractivity contribution in [1.82, 2.24) is 20.0 Å². The van der Waals surface area contributed by atoms with E-state index in [4.69, 9.17) is 21.4 Å². The molecule has 0 saturated heterocycles. The zero-order valence-electron chi connectivity index (χ0n) is 15.9. The van der Waals surface area contributed by atoms with Gasteiger partial charge in [-0.3, -0.25) is 19.4 Å². The number of ether oxygens (including phenoxy) is 1. The van der Waals surface area contributed by atoms with Crippen molar-refractivity contribution in [2.45, 2.75) is 39.3 Å². The molecule has 0 aliphatic rings. The molecule has 29 heavy (non-hydrogen) atoms. The summed E-state index contributed by atoms with van der Waals surface area (Å²) in [5.74, 6) is -1.59. The van der Waals surface area contributed by atoms with Crippen LogP contribution >= 0.6 is 11.6 Å². The van der Waals surface area contributed by atoms with E-state index in [1.54, 1.807) is 6.20 Å². The van der Waals surface area contributed by atoms with Gasteiger partial charge in [-0.2, -0.15) is 10.2 Å². The third-order valence-electron chi connectivity index (χ3n) is 4.47. The molecule has 3 rings (SSSR count). The number of H-pyrrole nitrogens is 1. The Kier molecular flexibility index (Phi) is 6.66. The number of carboxylic acid groups (broad SMARTS) is 1. The van der Waals surface area contributed by atoms with Crippen molar-refractivity contribution >= 4 is 23.5 Å². The van der Waals surface area contributed by atoms with Crippen LogP contribution in [0, 0.1) is 6.92 Å². The third kappa shape index (κ3) is 5.68. The Morgan fingerprint density at radius 2 is 1.97 bits per heavy atom. The molecule has 9 heteroatoms. The lowest BCUT2D eigenvalue weighted by atomic mass is 10.1. The molecule has 152 valence electrons. The lowest BCUT2D eigenvalue weighted by molar-refractivity contribution is -0.148. The number of aryl methyl sites for hydroxylation is 2. The highest BCUT2D eigenvalue weighted by Crippen LogP contribution is 2.21. The van der Waals surface area contributed by atoms with Crippen LogP contribution in [0.4, 0.5) is 0 Å². The largest absolute Gasteiger partial charge is 0.481 e. The summed E-state index contributed by atoms with van der Waals surface area (Å²) >= 11 is 5.93. The number of aromatic amines is 1. The van der Waals surface area contributed by atoms with Gasteiger partial charge >= 0.3 is 11.9 Å². The van der Waals surface area contributed by atoms with Gasteiger partial charge in [0.15, 0.2) is 0 Å². The van der Waals surface area contributed by atoms with Gasteiger partial charge in [-0.25, -0.2) is 0 Å². The fraction of sp³-hybridized carbons (Fsp3) is 0.300. The van der Waals surface area contributed by atoms with Crippen LogP contribution in [0.1, 0.15) is 29.8 Å². The third-order valence-corrected chi connectivity index (χ3v) is 4.73. The molecule has 0 saturated carbocycles. The molecule has 0 aliphatic heterocycles. The average molecular weight is 417 g/mol. The first-order valence-corrected chi connectivity index (χ1v) is 9.48. The number of aliphatic carboxylic acids is 1. The minimum Gasteiger partial charge on any atom is -0.481 e. The van der Waals surface area contributed by atoms with Gasteiger partial charge in [-0.1, -0.05) is 23.7 Å². The van der Waals surface area contributed by atoms with Gasteiger partial charge in [-0.05, 0) is 31.0 Å². The number of esters is 1. The Morgan fingerprint density at radius 3 is 2.69 bits per heavy atom. The molecule has 0 bridgehead atoms. The van der Waals surface area contributed by atoms with Crippen LogP contribution in [0.2, 0.25) is 5.02 Å². The number of halogens is 1. The van der Waals surface area contributed by atoms with E-state index in [1.807, 2.05) is 42.1 Å². The van der Waals surface area contributed by atoms with Crippen LogP contribution in [0.25, 0.3) is 11.1 Å². The van der Waals surface area contributed by atoms with Crippen molar-refractivity contribution in [3.63, 3.8) is 0 Å². The molecule has 2 N–H and O–H groups in total. The number of hydrogen-bond acceptors (Lipinski definition) is 5. The SMILES string of the molecule is Cc1[nH]nc(COC(=O)CCC(=O)O)c1CCn1cc(-c2ccc(Cl)cc2)cn1. The maximum Gasteiger partial charge on any atom is 0.306 e. The second kappa shape index (κ2) is 9.38. The Hall–Kier alpha value is -3.13. The van der Waals surface area contributed by atoms with E-state index in [0.29, 0.717) is 23.7 Å². The smallest absolute Gasteiger partial charge is 0.306 e. The van der Waals surface area contributed by atoms with Crippen molar-refractivity contribution < 1.29 is 19.4 Å². The van der Waals surface area contributed by atoms with Crippen LogP contribution < -0.4 is 0 Å². The number of aromatic nitrogens is 4. The highest BCUT2D eigenvalue weighted by atomic mass is 35.5. The predicted octanol–water partition coefficient (Wildman–Crippen LogP) is 3.39. The van der Waals surface area contributed by atoms with E-state index in [-0.39, 0.29) is 19.4 Å². The zero-order valence-corrected chi connectivity index (χ0v) is 16.6. The van der Waals surface area contributed by atoms with Crippen LogP contribution in [-0.2, 0) is 33.9 Å².